The number of aromatic nitrogens is 2. The number of ketones is 1. The molecule has 0 aliphatic carbocycles. The van der Waals surface area contributed by atoms with Crippen molar-refractivity contribution in [2.24, 2.45) is 0 Å². The Morgan fingerprint density at radius 3 is 2.76 bits per heavy atom. The predicted octanol–water partition coefficient (Wildman–Crippen LogP) is 0.519. The van der Waals surface area contributed by atoms with Crippen molar-refractivity contribution in [2.75, 3.05) is 25.7 Å². The molecule has 0 aliphatic rings. The lowest BCUT2D eigenvalue weighted by atomic mass is 10.3. The lowest BCUT2D eigenvalue weighted by Gasteiger charge is -2.06. The molecule has 0 aromatic carbocycles. The third-order valence-electron chi connectivity index (χ3n) is 1.96. The highest BCUT2D eigenvalue weighted by molar-refractivity contribution is 9.10. The molecule has 0 spiro atoms. The van der Waals surface area contributed by atoms with Crippen LogP contribution in [-0.4, -0.2) is 49.7 Å². The number of halogens is 1. The number of Topliss-reactive ketones (excluding diaryl/α,β-unsaturated/α-hetero) is 1. The average Bonchev–Trinajstić information content (AvgIpc) is 2.54. The summed E-state index contributed by atoms with van der Waals surface area (Å²) >= 11 is 3.18. The molecule has 1 aromatic heterocycles. The van der Waals surface area contributed by atoms with Gasteiger partial charge < -0.3 is 4.74 Å². The number of nitrogens with zero attached hydrogens (tertiary/aromatic N) is 2. The SMILES string of the molecule is COCCn1ncc(Br)c1C(=O)CS(C)(=O)=O. The van der Waals surface area contributed by atoms with Gasteiger partial charge in [-0.2, -0.15) is 5.10 Å². The quantitative estimate of drug-likeness (QED) is 0.713. The maximum atomic E-state index is 11.8. The van der Waals surface area contributed by atoms with Crippen LogP contribution in [0.25, 0.3) is 0 Å². The third-order valence-corrected chi connectivity index (χ3v) is 3.33. The lowest BCUT2D eigenvalue weighted by Crippen LogP contribution is -2.20. The summed E-state index contributed by atoms with van der Waals surface area (Å²) in [5.74, 6) is -1.00. The Kier molecular flexibility index (Phi) is 4.84. The smallest absolute Gasteiger partial charge is 0.196 e. The molecule has 0 saturated carbocycles. The molecule has 0 fully saturated rings. The van der Waals surface area contributed by atoms with E-state index in [0.29, 0.717) is 17.6 Å². The second-order valence-electron chi connectivity index (χ2n) is 3.55. The molecule has 1 aromatic rings. The van der Waals surface area contributed by atoms with Crippen LogP contribution in [0.5, 0.6) is 0 Å². The molecule has 1 heterocycles. The Labute approximate surface area is 108 Å². The molecule has 0 saturated heterocycles. The van der Waals surface area contributed by atoms with Crippen LogP contribution in [0.15, 0.2) is 10.7 Å². The maximum absolute atomic E-state index is 11.8. The second kappa shape index (κ2) is 5.74. The van der Waals surface area contributed by atoms with Crippen LogP contribution in [-0.2, 0) is 21.1 Å². The average molecular weight is 325 g/mol. The van der Waals surface area contributed by atoms with Crippen molar-refractivity contribution in [1.29, 1.82) is 0 Å². The van der Waals surface area contributed by atoms with Crippen LogP contribution in [0.4, 0.5) is 0 Å². The van der Waals surface area contributed by atoms with Crippen molar-refractivity contribution in [3.05, 3.63) is 16.4 Å². The number of hydrogen-bond donors (Lipinski definition) is 0. The van der Waals surface area contributed by atoms with Gasteiger partial charge in [-0.15, -0.1) is 0 Å². The van der Waals surface area contributed by atoms with Gasteiger partial charge in [0.1, 0.15) is 11.4 Å². The maximum Gasteiger partial charge on any atom is 0.196 e. The van der Waals surface area contributed by atoms with Crippen LogP contribution >= 0.6 is 15.9 Å². The molecule has 6 nitrogen and oxygen atoms in total. The fourth-order valence-corrected chi connectivity index (χ4v) is 2.42. The van der Waals surface area contributed by atoms with E-state index < -0.39 is 21.4 Å². The molecule has 96 valence electrons. The van der Waals surface area contributed by atoms with E-state index in [2.05, 4.69) is 21.0 Å². The minimum absolute atomic E-state index is 0.257. The minimum Gasteiger partial charge on any atom is -0.383 e. The summed E-state index contributed by atoms with van der Waals surface area (Å²) in [6, 6.07) is 0. The zero-order valence-corrected chi connectivity index (χ0v) is 11.9. The number of carbonyl (C=O) groups excluding carboxylic acids is 1. The molecular weight excluding hydrogens is 312 g/mol. The van der Waals surface area contributed by atoms with E-state index >= 15 is 0 Å². The van der Waals surface area contributed by atoms with E-state index in [1.54, 1.807) is 0 Å². The number of hydrogen-bond acceptors (Lipinski definition) is 5. The van der Waals surface area contributed by atoms with Crippen molar-refractivity contribution in [3.63, 3.8) is 0 Å². The molecule has 0 amide bonds. The molecule has 17 heavy (non-hydrogen) atoms. The van der Waals surface area contributed by atoms with E-state index in [1.165, 1.54) is 18.0 Å². The van der Waals surface area contributed by atoms with Gasteiger partial charge in [0.2, 0.25) is 0 Å². The Balaban J connectivity index is 2.95. The highest BCUT2D eigenvalue weighted by atomic mass is 79.9. The van der Waals surface area contributed by atoms with E-state index in [4.69, 9.17) is 4.74 Å². The molecule has 0 N–H and O–H groups in total. The molecule has 0 unspecified atom stereocenters. The molecule has 0 bridgehead atoms. The number of ether oxygens (including phenoxy) is 1. The van der Waals surface area contributed by atoms with E-state index in [9.17, 15) is 13.2 Å². The standard InChI is InChI=1S/C9H13BrN2O4S/c1-16-4-3-12-9(7(10)5-11-12)8(13)6-17(2,14)15/h5H,3-4,6H2,1-2H3. The topological polar surface area (TPSA) is 78.3 Å². The van der Waals surface area contributed by atoms with E-state index in [-0.39, 0.29) is 5.69 Å². The first-order valence-corrected chi connectivity index (χ1v) is 7.61. The van der Waals surface area contributed by atoms with Crippen molar-refractivity contribution in [3.8, 4) is 0 Å². The van der Waals surface area contributed by atoms with Gasteiger partial charge in [0, 0.05) is 13.4 Å². The van der Waals surface area contributed by atoms with Gasteiger partial charge in [0.05, 0.1) is 23.8 Å². The van der Waals surface area contributed by atoms with Crippen LogP contribution in [0.1, 0.15) is 10.5 Å². The summed E-state index contributed by atoms with van der Waals surface area (Å²) in [7, 11) is -1.81. The van der Waals surface area contributed by atoms with Gasteiger partial charge in [0.15, 0.2) is 15.6 Å². The first-order chi connectivity index (χ1) is 7.85. The highest BCUT2D eigenvalue weighted by Crippen LogP contribution is 2.17. The van der Waals surface area contributed by atoms with Gasteiger partial charge >= 0.3 is 0 Å². The number of sulfone groups is 1. The first kappa shape index (κ1) is 14.3. The fourth-order valence-electron chi connectivity index (χ4n) is 1.29. The minimum atomic E-state index is -3.35. The van der Waals surface area contributed by atoms with Gasteiger partial charge in [-0.25, -0.2) is 8.42 Å². The molecule has 0 radical (unpaired) electrons. The molecule has 1 rings (SSSR count). The highest BCUT2D eigenvalue weighted by Gasteiger charge is 2.20. The van der Waals surface area contributed by atoms with Crippen molar-refractivity contribution < 1.29 is 17.9 Å². The van der Waals surface area contributed by atoms with Crippen LogP contribution < -0.4 is 0 Å². The summed E-state index contributed by atoms with van der Waals surface area (Å²) in [6.45, 7) is 0.792. The molecule has 8 heteroatoms. The monoisotopic (exact) mass is 324 g/mol. The normalized spacial score (nSPS) is 11.7. The summed E-state index contributed by atoms with van der Waals surface area (Å²) in [6.07, 6.45) is 2.49. The van der Waals surface area contributed by atoms with Crippen LogP contribution in [0.3, 0.4) is 0 Å². The van der Waals surface area contributed by atoms with Gasteiger partial charge in [0.25, 0.3) is 0 Å². The third kappa shape index (κ3) is 4.21. The number of methoxy groups -OCH3 is 1. The van der Waals surface area contributed by atoms with Crippen molar-refractivity contribution in [1.82, 2.24) is 9.78 Å². The lowest BCUT2D eigenvalue weighted by molar-refractivity contribution is 0.100. The Morgan fingerprint density at radius 2 is 2.24 bits per heavy atom. The first-order valence-electron chi connectivity index (χ1n) is 4.76. The summed E-state index contributed by atoms with van der Waals surface area (Å²) in [4.78, 5) is 11.8. The predicted molar refractivity (Wildman–Crippen MR) is 65.8 cm³/mol. The summed E-state index contributed by atoms with van der Waals surface area (Å²) in [5.41, 5.74) is 0.257. The van der Waals surface area contributed by atoms with Crippen LogP contribution in [0, 0.1) is 0 Å². The van der Waals surface area contributed by atoms with Gasteiger partial charge in [-0.05, 0) is 15.9 Å². The van der Waals surface area contributed by atoms with E-state index in [1.807, 2.05) is 0 Å². The molecular formula is C9H13BrN2O4S. The Morgan fingerprint density at radius 1 is 1.59 bits per heavy atom. The largest absolute Gasteiger partial charge is 0.383 e. The molecule has 0 aliphatic heterocycles. The van der Waals surface area contributed by atoms with Gasteiger partial charge in [-0.3, -0.25) is 9.48 Å². The zero-order chi connectivity index (χ0) is 13.1. The fraction of sp³-hybridized carbons (Fsp3) is 0.556. The summed E-state index contributed by atoms with van der Waals surface area (Å²) < 4.78 is 29.0. The van der Waals surface area contributed by atoms with Crippen molar-refractivity contribution in [2.45, 2.75) is 6.54 Å². The summed E-state index contributed by atoms with van der Waals surface area (Å²) in [5, 5.41) is 3.98. The van der Waals surface area contributed by atoms with Gasteiger partial charge in [-0.1, -0.05) is 0 Å². The zero-order valence-electron chi connectivity index (χ0n) is 9.51. The Bertz CT molecular complexity index is 509. The number of rotatable bonds is 6. The number of carbonyl (C=O) groups is 1. The van der Waals surface area contributed by atoms with Crippen molar-refractivity contribution >= 4 is 31.6 Å². The second-order valence-corrected chi connectivity index (χ2v) is 6.54. The Hall–Kier alpha value is -0.730. The van der Waals surface area contributed by atoms with E-state index in [0.717, 1.165) is 6.26 Å². The van der Waals surface area contributed by atoms with Crippen LogP contribution in [0.2, 0.25) is 0 Å². The molecule has 0 atom stereocenters.